The van der Waals surface area contributed by atoms with Crippen LogP contribution in [-0.4, -0.2) is 13.9 Å². The van der Waals surface area contributed by atoms with Crippen LogP contribution in [0.5, 0.6) is 0 Å². The van der Waals surface area contributed by atoms with Crippen LogP contribution >= 0.6 is 0 Å². The van der Waals surface area contributed by atoms with Crippen molar-refractivity contribution in [2.45, 2.75) is 45.5 Å². The molecular formula is C11H17F3O3S. The second-order valence-corrected chi connectivity index (χ2v) is 6.98. The van der Waals surface area contributed by atoms with Crippen molar-refractivity contribution >= 4 is 10.1 Å². The maximum Gasteiger partial charge on any atom is 0.534 e. The Kier molecular flexibility index (Phi) is 4.05. The molecule has 7 heteroatoms. The lowest BCUT2D eigenvalue weighted by Crippen LogP contribution is -2.31. The van der Waals surface area contributed by atoms with Crippen LogP contribution in [0.2, 0.25) is 0 Å². The summed E-state index contributed by atoms with van der Waals surface area (Å²) >= 11 is 0. The highest BCUT2D eigenvalue weighted by molar-refractivity contribution is 7.87. The van der Waals surface area contributed by atoms with Gasteiger partial charge in [0.1, 0.15) is 5.76 Å². The number of rotatable bonds is 2. The summed E-state index contributed by atoms with van der Waals surface area (Å²) in [6.45, 7) is 5.54. The van der Waals surface area contributed by atoms with E-state index in [0.29, 0.717) is 12.8 Å². The molecule has 0 bridgehead atoms. The Morgan fingerprint density at radius 1 is 1.28 bits per heavy atom. The Hall–Kier alpha value is -0.720. The van der Waals surface area contributed by atoms with Gasteiger partial charge < -0.3 is 4.18 Å². The Morgan fingerprint density at radius 2 is 1.83 bits per heavy atom. The molecule has 1 unspecified atom stereocenters. The molecule has 0 saturated carbocycles. The van der Waals surface area contributed by atoms with Crippen LogP contribution in [0.15, 0.2) is 11.8 Å². The first kappa shape index (κ1) is 15.3. The van der Waals surface area contributed by atoms with Crippen molar-refractivity contribution in [1.82, 2.24) is 0 Å². The van der Waals surface area contributed by atoms with E-state index in [9.17, 15) is 21.6 Å². The molecule has 0 saturated heterocycles. The third kappa shape index (κ3) is 3.40. The molecule has 0 radical (unpaired) electrons. The summed E-state index contributed by atoms with van der Waals surface area (Å²) < 4.78 is 63.1. The van der Waals surface area contributed by atoms with Crippen molar-refractivity contribution in [3.63, 3.8) is 0 Å². The summed E-state index contributed by atoms with van der Waals surface area (Å²) in [7, 11) is -5.56. The van der Waals surface area contributed by atoms with E-state index in [1.54, 1.807) is 0 Å². The molecule has 18 heavy (non-hydrogen) atoms. The zero-order chi connectivity index (χ0) is 14.2. The van der Waals surface area contributed by atoms with Crippen LogP contribution in [0.25, 0.3) is 0 Å². The Morgan fingerprint density at radius 3 is 2.28 bits per heavy atom. The fourth-order valence-corrected chi connectivity index (χ4v) is 2.51. The number of hydrogen-bond donors (Lipinski definition) is 0. The molecule has 0 heterocycles. The molecule has 0 N–H and O–H groups in total. The van der Waals surface area contributed by atoms with Crippen molar-refractivity contribution < 1.29 is 25.8 Å². The molecule has 0 aromatic rings. The standard InChI is InChI=1S/C11H17F3O3S/c1-10(2,3)8-6-4-5-7-9(8)17-18(15,16)11(12,13)14/h7-8H,4-6H2,1-3H3. The molecule has 1 atom stereocenters. The fraction of sp³-hybridized carbons (Fsp3) is 0.818. The summed E-state index contributed by atoms with van der Waals surface area (Å²) in [5, 5.41) is 0. The van der Waals surface area contributed by atoms with Gasteiger partial charge in [-0.1, -0.05) is 20.8 Å². The third-order valence-electron chi connectivity index (χ3n) is 2.92. The van der Waals surface area contributed by atoms with E-state index in [0.717, 1.165) is 6.42 Å². The largest absolute Gasteiger partial charge is 0.534 e. The maximum atomic E-state index is 12.3. The summed E-state index contributed by atoms with van der Waals surface area (Å²) in [6.07, 6.45) is 3.43. The molecule has 0 aromatic carbocycles. The number of hydrogen-bond acceptors (Lipinski definition) is 3. The van der Waals surface area contributed by atoms with Crippen molar-refractivity contribution in [1.29, 1.82) is 0 Å². The van der Waals surface area contributed by atoms with Crippen LogP contribution < -0.4 is 0 Å². The van der Waals surface area contributed by atoms with Gasteiger partial charge >= 0.3 is 15.6 Å². The lowest BCUT2D eigenvalue weighted by Gasteiger charge is -2.34. The molecule has 1 aliphatic carbocycles. The molecule has 106 valence electrons. The minimum atomic E-state index is -5.56. The lowest BCUT2D eigenvalue weighted by molar-refractivity contribution is -0.0533. The smallest absolute Gasteiger partial charge is 0.381 e. The Balaban J connectivity index is 2.99. The van der Waals surface area contributed by atoms with Crippen molar-refractivity contribution in [3.8, 4) is 0 Å². The monoisotopic (exact) mass is 286 g/mol. The average Bonchev–Trinajstić information content (AvgIpc) is 2.14. The van der Waals surface area contributed by atoms with Gasteiger partial charge in [-0.05, 0) is 30.8 Å². The van der Waals surface area contributed by atoms with E-state index in [1.165, 1.54) is 6.08 Å². The normalized spacial score (nSPS) is 22.6. The third-order valence-corrected chi connectivity index (χ3v) is 3.90. The van der Waals surface area contributed by atoms with Crippen LogP contribution in [0.3, 0.4) is 0 Å². The molecule has 0 aromatic heterocycles. The molecule has 0 spiro atoms. The molecule has 1 aliphatic rings. The maximum absolute atomic E-state index is 12.3. The van der Waals surface area contributed by atoms with Crippen molar-refractivity contribution in [2.24, 2.45) is 11.3 Å². The first-order valence-electron chi connectivity index (χ1n) is 5.66. The van der Waals surface area contributed by atoms with Gasteiger partial charge in [-0.25, -0.2) is 0 Å². The average molecular weight is 286 g/mol. The number of allylic oxidation sites excluding steroid dienone is 2. The number of halogens is 3. The van der Waals surface area contributed by atoms with Gasteiger partial charge in [0.2, 0.25) is 0 Å². The minimum Gasteiger partial charge on any atom is -0.381 e. The van der Waals surface area contributed by atoms with E-state index in [1.807, 2.05) is 20.8 Å². The molecule has 0 amide bonds. The van der Waals surface area contributed by atoms with Crippen LogP contribution in [0.1, 0.15) is 40.0 Å². The highest BCUT2D eigenvalue weighted by Crippen LogP contribution is 2.41. The Bertz CT molecular complexity index is 429. The van der Waals surface area contributed by atoms with Crippen LogP contribution in [0, 0.1) is 11.3 Å². The lowest BCUT2D eigenvalue weighted by atomic mass is 9.74. The number of alkyl halides is 3. The SMILES string of the molecule is CC(C)(C)C1CCCC=C1OS(=O)(=O)C(F)(F)F. The van der Waals surface area contributed by atoms with Gasteiger partial charge in [0.05, 0.1) is 0 Å². The van der Waals surface area contributed by atoms with Crippen LogP contribution in [0.4, 0.5) is 13.2 Å². The van der Waals surface area contributed by atoms with E-state index in [4.69, 9.17) is 0 Å². The first-order valence-corrected chi connectivity index (χ1v) is 7.07. The molecule has 0 fully saturated rings. The minimum absolute atomic E-state index is 0.0777. The van der Waals surface area contributed by atoms with E-state index >= 15 is 0 Å². The first-order chi connectivity index (χ1) is 7.95. The topological polar surface area (TPSA) is 43.4 Å². The van der Waals surface area contributed by atoms with Crippen molar-refractivity contribution in [2.75, 3.05) is 0 Å². The van der Waals surface area contributed by atoms with Crippen LogP contribution in [-0.2, 0) is 14.3 Å². The van der Waals surface area contributed by atoms with E-state index in [2.05, 4.69) is 4.18 Å². The molecule has 0 aliphatic heterocycles. The zero-order valence-corrected chi connectivity index (χ0v) is 11.4. The van der Waals surface area contributed by atoms with Gasteiger partial charge in [-0.2, -0.15) is 21.6 Å². The predicted molar refractivity (Wildman–Crippen MR) is 60.9 cm³/mol. The predicted octanol–water partition coefficient (Wildman–Crippen LogP) is 3.58. The van der Waals surface area contributed by atoms with E-state index in [-0.39, 0.29) is 17.1 Å². The zero-order valence-electron chi connectivity index (χ0n) is 10.5. The van der Waals surface area contributed by atoms with E-state index < -0.39 is 15.6 Å². The quantitative estimate of drug-likeness (QED) is 0.575. The summed E-state index contributed by atoms with van der Waals surface area (Å²) in [4.78, 5) is 0. The summed E-state index contributed by atoms with van der Waals surface area (Å²) in [6, 6.07) is 0. The molecular weight excluding hydrogens is 269 g/mol. The molecule has 3 nitrogen and oxygen atoms in total. The highest BCUT2D eigenvalue weighted by Gasteiger charge is 2.50. The second kappa shape index (κ2) is 4.75. The van der Waals surface area contributed by atoms with Gasteiger partial charge in [0.15, 0.2) is 0 Å². The summed E-state index contributed by atoms with van der Waals surface area (Å²) in [5.41, 5.74) is -5.72. The van der Waals surface area contributed by atoms with Crippen molar-refractivity contribution in [3.05, 3.63) is 11.8 Å². The van der Waals surface area contributed by atoms with Gasteiger partial charge in [0, 0.05) is 5.92 Å². The summed E-state index contributed by atoms with van der Waals surface area (Å²) in [5.74, 6) is -0.394. The Labute approximate surface area is 105 Å². The molecule has 1 rings (SSSR count). The van der Waals surface area contributed by atoms with Gasteiger partial charge in [0.25, 0.3) is 0 Å². The fourth-order valence-electron chi connectivity index (χ4n) is 1.98. The van der Waals surface area contributed by atoms with Gasteiger partial charge in [-0.15, -0.1) is 0 Å². The van der Waals surface area contributed by atoms with Gasteiger partial charge in [-0.3, -0.25) is 0 Å². The highest BCUT2D eigenvalue weighted by atomic mass is 32.2. The second-order valence-electron chi connectivity index (χ2n) is 5.44.